The molecule has 6 rings (SSSR count). The van der Waals surface area contributed by atoms with Gasteiger partial charge in [0.15, 0.2) is 10.6 Å². The summed E-state index contributed by atoms with van der Waals surface area (Å²) >= 11 is 5.40. The Hall–Kier alpha value is -2.15. The summed E-state index contributed by atoms with van der Waals surface area (Å²) in [4.78, 5) is 12.7. The average Bonchev–Trinajstić information content (AvgIpc) is 3.10. The van der Waals surface area contributed by atoms with E-state index in [1.54, 1.807) is 7.11 Å². The smallest absolute Gasteiger partial charge is 0.221 e. The van der Waals surface area contributed by atoms with E-state index in [4.69, 9.17) is 17.0 Å². The van der Waals surface area contributed by atoms with E-state index in [9.17, 15) is 4.79 Å². The van der Waals surface area contributed by atoms with Crippen LogP contribution in [0.2, 0.25) is 0 Å². The second-order valence-electron chi connectivity index (χ2n) is 9.68. The summed E-state index contributed by atoms with van der Waals surface area (Å²) in [5.41, 5.74) is 1.31. The molecule has 0 aliphatic heterocycles. The highest BCUT2D eigenvalue weighted by Gasteiger charge is 2.50. The van der Waals surface area contributed by atoms with Gasteiger partial charge in [-0.05, 0) is 98.2 Å². The van der Waals surface area contributed by atoms with Gasteiger partial charge in [0.05, 0.1) is 7.11 Å². The van der Waals surface area contributed by atoms with Crippen LogP contribution in [0.1, 0.15) is 44.9 Å². The molecular weight excluding hydrogens is 396 g/mol. The van der Waals surface area contributed by atoms with Crippen LogP contribution < -0.4 is 10.1 Å². The summed E-state index contributed by atoms with van der Waals surface area (Å²) < 4.78 is 7.67. The summed E-state index contributed by atoms with van der Waals surface area (Å²) in [6, 6.07) is 7.70. The number of methoxy groups -OCH3 is 1. The Bertz CT molecular complexity index is 943. The first-order valence-electron chi connectivity index (χ1n) is 11.1. The highest BCUT2D eigenvalue weighted by molar-refractivity contribution is 7.71. The predicted molar refractivity (Wildman–Crippen MR) is 118 cm³/mol. The van der Waals surface area contributed by atoms with Crippen molar-refractivity contribution in [3.8, 4) is 17.1 Å². The molecule has 4 aliphatic rings. The van der Waals surface area contributed by atoms with Crippen molar-refractivity contribution >= 4 is 18.1 Å². The molecule has 0 atom stereocenters. The quantitative estimate of drug-likeness (QED) is 0.646. The lowest BCUT2D eigenvalue weighted by Crippen LogP contribution is -2.51. The van der Waals surface area contributed by atoms with Gasteiger partial charge >= 0.3 is 0 Å². The minimum absolute atomic E-state index is 0.106. The first-order valence-corrected chi connectivity index (χ1v) is 11.5. The molecule has 0 unspecified atom stereocenters. The topological polar surface area (TPSA) is 71.9 Å². The van der Waals surface area contributed by atoms with Crippen molar-refractivity contribution in [2.75, 3.05) is 13.7 Å². The molecule has 160 valence electrons. The fourth-order valence-electron chi connectivity index (χ4n) is 6.58. The molecule has 0 saturated heterocycles. The van der Waals surface area contributed by atoms with Gasteiger partial charge in [0.25, 0.3) is 0 Å². The maximum atomic E-state index is 12.7. The third-order valence-corrected chi connectivity index (χ3v) is 7.81. The Morgan fingerprint density at radius 2 is 1.83 bits per heavy atom. The molecular formula is C23H30N4O2S. The molecule has 4 bridgehead atoms. The molecule has 2 aromatic rings. The highest BCUT2D eigenvalue weighted by atomic mass is 32.1. The van der Waals surface area contributed by atoms with Crippen molar-refractivity contribution in [3.05, 3.63) is 29.0 Å². The van der Waals surface area contributed by atoms with Crippen molar-refractivity contribution in [1.82, 2.24) is 20.1 Å². The minimum atomic E-state index is 0.106. The lowest BCUT2D eigenvalue weighted by Gasteiger charge is -2.56. The largest absolute Gasteiger partial charge is 0.497 e. The highest BCUT2D eigenvalue weighted by Crippen LogP contribution is 2.59. The molecule has 4 saturated carbocycles. The van der Waals surface area contributed by atoms with Gasteiger partial charge in [-0.3, -0.25) is 14.5 Å². The number of nitrogens with zero attached hydrogens (tertiary/aromatic N) is 2. The lowest BCUT2D eigenvalue weighted by atomic mass is 9.49. The van der Waals surface area contributed by atoms with E-state index in [2.05, 4.69) is 15.5 Å². The molecule has 7 heteroatoms. The molecule has 2 N–H and O–H groups in total. The number of carbonyl (C=O) groups is 1. The molecule has 4 aliphatic carbocycles. The van der Waals surface area contributed by atoms with Crippen LogP contribution in [-0.4, -0.2) is 34.3 Å². The van der Waals surface area contributed by atoms with Crippen LogP contribution in [0.4, 0.5) is 0 Å². The van der Waals surface area contributed by atoms with Crippen LogP contribution in [0.3, 0.4) is 0 Å². The molecule has 1 aromatic carbocycles. The number of hydrogen-bond acceptors (Lipinski definition) is 4. The fourth-order valence-corrected chi connectivity index (χ4v) is 6.80. The normalized spacial score (nSPS) is 29.2. The molecule has 1 aromatic heterocycles. The SMILES string of the molecule is COc1ccc(-c2n[nH]c(=S)n2CCC(=O)NCC23CC4CC(CC(C4)C2)C3)cc1. The summed E-state index contributed by atoms with van der Waals surface area (Å²) in [5.74, 6) is 4.37. The first kappa shape index (κ1) is 19.8. The summed E-state index contributed by atoms with van der Waals surface area (Å²) in [7, 11) is 1.65. The maximum absolute atomic E-state index is 12.7. The van der Waals surface area contributed by atoms with Crippen LogP contribution in [0.5, 0.6) is 5.75 Å². The number of rotatable bonds is 7. The fraction of sp³-hybridized carbons (Fsp3) is 0.609. The van der Waals surface area contributed by atoms with E-state index in [-0.39, 0.29) is 5.91 Å². The molecule has 1 heterocycles. The zero-order valence-electron chi connectivity index (χ0n) is 17.5. The molecule has 1 amide bonds. The summed E-state index contributed by atoms with van der Waals surface area (Å²) in [5, 5.41) is 10.5. The number of H-pyrrole nitrogens is 1. The first-order chi connectivity index (χ1) is 14.5. The van der Waals surface area contributed by atoms with Gasteiger partial charge in [-0.25, -0.2) is 0 Å². The number of nitrogens with one attached hydrogen (secondary N) is 2. The van der Waals surface area contributed by atoms with Gasteiger partial charge in [-0.1, -0.05) is 0 Å². The van der Waals surface area contributed by atoms with Crippen molar-refractivity contribution in [2.45, 2.75) is 51.5 Å². The number of carbonyl (C=O) groups excluding carboxylic acids is 1. The van der Waals surface area contributed by atoms with Crippen LogP contribution in [0, 0.1) is 27.9 Å². The van der Waals surface area contributed by atoms with Crippen molar-refractivity contribution in [1.29, 1.82) is 0 Å². The molecule has 0 radical (unpaired) electrons. The van der Waals surface area contributed by atoms with Gasteiger partial charge in [0.2, 0.25) is 5.91 Å². The number of aromatic nitrogens is 3. The van der Waals surface area contributed by atoms with E-state index in [0.717, 1.165) is 41.4 Å². The number of benzene rings is 1. The van der Waals surface area contributed by atoms with Gasteiger partial charge in [0.1, 0.15) is 5.75 Å². The second-order valence-corrected chi connectivity index (χ2v) is 10.1. The number of hydrogen-bond donors (Lipinski definition) is 2. The van der Waals surface area contributed by atoms with E-state index in [0.29, 0.717) is 23.2 Å². The molecule has 0 spiro atoms. The van der Waals surface area contributed by atoms with Crippen LogP contribution in [-0.2, 0) is 11.3 Å². The summed E-state index contributed by atoms with van der Waals surface area (Å²) in [6.07, 6.45) is 8.64. The Morgan fingerprint density at radius 1 is 1.20 bits per heavy atom. The van der Waals surface area contributed by atoms with Gasteiger partial charge < -0.3 is 10.1 Å². The molecule has 4 fully saturated rings. The van der Waals surface area contributed by atoms with Crippen molar-refractivity contribution in [2.24, 2.45) is 23.2 Å². The number of amides is 1. The van der Waals surface area contributed by atoms with E-state index in [1.807, 2.05) is 28.8 Å². The van der Waals surface area contributed by atoms with Gasteiger partial charge in [-0.2, -0.15) is 5.10 Å². The van der Waals surface area contributed by atoms with E-state index < -0.39 is 0 Å². The molecule has 6 nitrogen and oxygen atoms in total. The summed E-state index contributed by atoms with van der Waals surface area (Å²) in [6.45, 7) is 1.36. The third kappa shape index (κ3) is 3.80. The van der Waals surface area contributed by atoms with Crippen LogP contribution >= 0.6 is 12.2 Å². The maximum Gasteiger partial charge on any atom is 0.221 e. The van der Waals surface area contributed by atoms with Crippen LogP contribution in [0.25, 0.3) is 11.4 Å². The van der Waals surface area contributed by atoms with E-state index in [1.165, 1.54) is 38.5 Å². The average molecular weight is 427 g/mol. The number of aromatic amines is 1. The van der Waals surface area contributed by atoms with Crippen molar-refractivity contribution < 1.29 is 9.53 Å². The van der Waals surface area contributed by atoms with Gasteiger partial charge in [-0.15, -0.1) is 0 Å². The monoisotopic (exact) mass is 426 g/mol. The van der Waals surface area contributed by atoms with Crippen molar-refractivity contribution in [3.63, 3.8) is 0 Å². The zero-order chi connectivity index (χ0) is 20.7. The Labute approximate surface area is 182 Å². The Balaban J connectivity index is 1.20. The Kier molecular flexibility index (Phi) is 5.17. The predicted octanol–water partition coefficient (Wildman–Crippen LogP) is 4.34. The van der Waals surface area contributed by atoms with E-state index >= 15 is 0 Å². The standard InChI is InChI=1S/C23H30N4O2S/c1-29-19-4-2-18(3-5-19)21-25-26-22(30)27(21)7-6-20(28)24-14-23-11-15-8-16(12-23)10-17(9-15)13-23/h2-5,15-17H,6-14H2,1H3,(H,24,28)(H,26,30). The van der Waals surface area contributed by atoms with Crippen LogP contribution in [0.15, 0.2) is 24.3 Å². The minimum Gasteiger partial charge on any atom is -0.497 e. The second kappa shape index (κ2) is 7.84. The lowest BCUT2D eigenvalue weighted by molar-refractivity contribution is -0.123. The Morgan fingerprint density at radius 3 is 2.43 bits per heavy atom. The van der Waals surface area contributed by atoms with Gasteiger partial charge in [0, 0.05) is 25.1 Å². The third-order valence-electron chi connectivity index (χ3n) is 7.49. The molecule has 30 heavy (non-hydrogen) atoms. The number of ether oxygens (including phenoxy) is 1. The zero-order valence-corrected chi connectivity index (χ0v) is 18.3.